The Kier molecular flexibility index (Phi) is 5.39. The van der Waals surface area contributed by atoms with E-state index in [9.17, 15) is 4.79 Å². The molecule has 5 heteroatoms. The maximum absolute atomic E-state index is 12.6. The molecule has 0 saturated carbocycles. The molecule has 1 N–H and O–H groups in total. The minimum Gasteiger partial charge on any atom is -0.481 e. The molecule has 0 spiro atoms. The molecule has 0 aliphatic heterocycles. The Bertz CT molecular complexity index is 624. The van der Waals surface area contributed by atoms with Gasteiger partial charge in [0.1, 0.15) is 0 Å². The minimum absolute atomic E-state index is 0.0655. The highest BCUT2D eigenvalue weighted by molar-refractivity contribution is 6.30. The number of carbonyl (C=O) groups excluding carboxylic acids is 1. The van der Waals surface area contributed by atoms with Crippen molar-refractivity contribution in [2.75, 3.05) is 12.4 Å². The number of halogens is 1. The number of nitrogens with one attached hydrogen (secondary N) is 1. The van der Waals surface area contributed by atoms with Crippen molar-refractivity contribution in [3.63, 3.8) is 0 Å². The highest BCUT2D eigenvalue weighted by Gasteiger charge is 2.24. The van der Waals surface area contributed by atoms with Gasteiger partial charge < -0.3 is 10.1 Å². The van der Waals surface area contributed by atoms with Gasteiger partial charge in [-0.25, -0.2) is 4.98 Å². The number of aromatic nitrogens is 1. The lowest BCUT2D eigenvalue weighted by atomic mass is 9.87. The summed E-state index contributed by atoms with van der Waals surface area (Å²) < 4.78 is 5.00. The van der Waals surface area contributed by atoms with Gasteiger partial charge in [-0.3, -0.25) is 4.79 Å². The molecule has 0 unspecified atom stereocenters. The quantitative estimate of drug-likeness (QED) is 0.902. The summed E-state index contributed by atoms with van der Waals surface area (Å²) in [4.78, 5) is 16.7. The third-order valence-corrected chi connectivity index (χ3v) is 3.64. The first-order valence-corrected chi connectivity index (χ1v) is 7.45. The number of carbonyl (C=O) groups is 1. The van der Waals surface area contributed by atoms with Gasteiger partial charge in [0.05, 0.1) is 24.9 Å². The van der Waals surface area contributed by atoms with Crippen molar-refractivity contribution in [2.45, 2.75) is 19.8 Å². The van der Waals surface area contributed by atoms with Crippen molar-refractivity contribution in [3.05, 3.63) is 53.2 Å². The summed E-state index contributed by atoms with van der Waals surface area (Å²) in [6, 6.07) is 10.9. The summed E-state index contributed by atoms with van der Waals surface area (Å²) in [6.07, 6.45) is 1.58. The predicted octanol–water partition coefficient (Wildman–Crippen LogP) is 4.12. The molecule has 4 nitrogen and oxygen atoms in total. The fraction of sp³-hybridized carbons (Fsp3) is 0.294. The fourth-order valence-electron chi connectivity index (χ4n) is 2.30. The molecule has 0 bridgehead atoms. The van der Waals surface area contributed by atoms with E-state index in [0.717, 1.165) is 5.56 Å². The van der Waals surface area contributed by atoms with Crippen LogP contribution in [0.25, 0.3) is 0 Å². The number of nitrogens with zero attached hydrogens (tertiary/aromatic N) is 1. The van der Waals surface area contributed by atoms with Crippen molar-refractivity contribution in [1.29, 1.82) is 0 Å². The third-order valence-electron chi connectivity index (χ3n) is 3.39. The molecule has 2 rings (SSSR count). The Balaban J connectivity index is 2.17. The molecule has 2 aromatic rings. The standard InChI is InChI=1S/C17H19ClN2O2/c1-11(2)16(12-4-6-13(18)7-5-12)17(21)20-14-8-9-15(22-3)19-10-14/h4-11,16H,1-3H3,(H,20,21)/t16-/m0/s1. The van der Waals surface area contributed by atoms with Gasteiger partial charge in [0.15, 0.2) is 0 Å². The average molecular weight is 319 g/mol. The highest BCUT2D eigenvalue weighted by atomic mass is 35.5. The second-order valence-corrected chi connectivity index (χ2v) is 5.79. The monoisotopic (exact) mass is 318 g/mol. The Hall–Kier alpha value is -2.07. The van der Waals surface area contributed by atoms with E-state index in [-0.39, 0.29) is 17.7 Å². The molecular weight excluding hydrogens is 300 g/mol. The van der Waals surface area contributed by atoms with Crippen molar-refractivity contribution in [3.8, 4) is 5.88 Å². The van der Waals surface area contributed by atoms with Crippen LogP contribution >= 0.6 is 11.6 Å². The third kappa shape index (κ3) is 3.98. The number of pyridine rings is 1. The lowest BCUT2D eigenvalue weighted by Crippen LogP contribution is -2.25. The first kappa shape index (κ1) is 16.3. The average Bonchev–Trinajstić information content (AvgIpc) is 2.50. The molecule has 22 heavy (non-hydrogen) atoms. The Morgan fingerprint density at radius 2 is 1.86 bits per heavy atom. The zero-order valence-corrected chi connectivity index (χ0v) is 13.6. The van der Waals surface area contributed by atoms with E-state index < -0.39 is 0 Å². The van der Waals surface area contributed by atoms with Crippen LogP contribution in [0.15, 0.2) is 42.6 Å². The molecule has 1 atom stereocenters. The van der Waals surface area contributed by atoms with Crippen LogP contribution in [0.5, 0.6) is 5.88 Å². The lowest BCUT2D eigenvalue weighted by molar-refractivity contribution is -0.118. The molecule has 0 radical (unpaired) electrons. The fourth-order valence-corrected chi connectivity index (χ4v) is 2.43. The molecular formula is C17H19ClN2O2. The Morgan fingerprint density at radius 3 is 2.36 bits per heavy atom. The number of hydrogen-bond acceptors (Lipinski definition) is 3. The summed E-state index contributed by atoms with van der Waals surface area (Å²) in [6.45, 7) is 4.04. The minimum atomic E-state index is -0.251. The highest BCUT2D eigenvalue weighted by Crippen LogP contribution is 2.27. The molecule has 0 aliphatic rings. The van der Waals surface area contributed by atoms with Crippen LogP contribution in [0, 0.1) is 5.92 Å². The zero-order valence-electron chi connectivity index (χ0n) is 12.8. The van der Waals surface area contributed by atoms with Gasteiger partial charge in [0.2, 0.25) is 11.8 Å². The molecule has 0 saturated heterocycles. The van der Waals surface area contributed by atoms with Crippen LogP contribution in [0.4, 0.5) is 5.69 Å². The van der Waals surface area contributed by atoms with Gasteiger partial charge >= 0.3 is 0 Å². The van der Waals surface area contributed by atoms with E-state index in [4.69, 9.17) is 16.3 Å². The largest absolute Gasteiger partial charge is 0.481 e. The van der Waals surface area contributed by atoms with Gasteiger partial charge in [-0.2, -0.15) is 0 Å². The Morgan fingerprint density at radius 1 is 1.18 bits per heavy atom. The van der Waals surface area contributed by atoms with E-state index in [2.05, 4.69) is 10.3 Å². The van der Waals surface area contributed by atoms with Gasteiger partial charge in [0, 0.05) is 11.1 Å². The van der Waals surface area contributed by atoms with Crippen LogP contribution in [-0.4, -0.2) is 18.0 Å². The lowest BCUT2D eigenvalue weighted by Gasteiger charge is -2.20. The molecule has 1 heterocycles. The maximum atomic E-state index is 12.6. The maximum Gasteiger partial charge on any atom is 0.232 e. The van der Waals surface area contributed by atoms with E-state index in [1.165, 1.54) is 0 Å². The number of ether oxygens (including phenoxy) is 1. The summed E-state index contributed by atoms with van der Waals surface area (Å²) in [5.41, 5.74) is 1.59. The van der Waals surface area contributed by atoms with Crippen molar-refractivity contribution in [1.82, 2.24) is 4.98 Å². The van der Waals surface area contributed by atoms with Crippen molar-refractivity contribution >= 4 is 23.2 Å². The molecule has 116 valence electrons. The van der Waals surface area contributed by atoms with Gasteiger partial charge in [-0.1, -0.05) is 37.6 Å². The van der Waals surface area contributed by atoms with Crippen LogP contribution in [0.2, 0.25) is 5.02 Å². The number of methoxy groups -OCH3 is 1. The second kappa shape index (κ2) is 7.27. The summed E-state index contributed by atoms with van der Waals surface area (Å²) in [5.74, 6) is 0.354. The van der Waals surface area contributed by atoms with Crippen LogP contribution < -0.4 is 10.1 Å². The van der Waals surface area contributed by atoms with Crippen LogP contribution in [-0.2, 0) is 4.79 Å². The predicted molar refractivity (Wildman–Crippen MR) is 88.4 cm³/mol. The van der Waals surface area contributed by atoms with Gasteiger partial charge in [-0.05, 0) is 29.7 Å². The number of amides is 1. The van der Waals surface area contributed by atoms with E-state index in [0.29, 0.717) is 16.6 Å². The molecule has 0 aliphatic carbocycles. The molecule has 1 aromatic heterocycles. The SMILES string of the molecule is COc1ccc(NC(=O)[C@H](c2ccc(Cl)cc2)C(C)C)cn1. The number of hydrogen-bond donors (Lipinski definition) is 1. The second-order valence-electron chi connectivity index (χ2n) is 5.35. The van der Waals surface area contributed by atoms with E-state index in [1.54, 1.807) is 37.6 Å². The Labute approximate surface area is 135 Å². The number of benzene rings is 1. The number of anilines is 1. The molecule has 1 amide bonds. The topological polar surface area (TPSA) is 51.2 Å². The van der Waals surface area contributed by atoms with Gasteiger partial charge in [-0.15, -0.1) is 0 Å². The zero-order chi connectivity index (χ0) is 16.1. The molecule has 1 aromatic carbocycles. The summed E-state index contributed by atoms with van der Waals surface area (Å²) >= 11 is 5.91. The van der Waals surface area contributed by atoms with Crippen LogP contribution in [0.3, 0.4) is 0 Å². The smallest absolute Gasteiger partial charge is 0.232 e. The first-order valence-electron chi connectivity index (χ1n) is 7.07. The number of rotatable bonds is 5. The summed E-state index contributed by atoms with van der Waals surface area (Å²) in [5, 5.41) is 3.56. The van der Waals surface area contributed by atoms with Crippen LogP contribution in [0.1, 0.15) is 25.3 Å². The van der Waals surface area contributed by atoms with E-state index >= 15 is 0 Å². The first-order chi connectivity index (χ1) is 10.5. The van der Waals surface area contributed by atoms with E-state index in [1.807, 2.05) is 26.0 Å². The molecule has 0 fully saturated rings. The normalized spacial score (nSPS) is 12.0. The van der Waals surface area contributed by atoms with Crippen molar-refractivity contribution in [2.24, 2.45) is 5.92 Å². The van der Waals surface area contributed by atoms with Crippen molar-refractivity contribution < 1.29 is 9.53 Å². The van der Waals surface area contributed by atoms with Gasteiger partial charge in [0.25, 0.3) is 0 Å². The summed E-state index contributed by atoms with van der Waals surface area (Å²) in [7, 11) is 1.55.